The van der Waals surface area contributed by atoms with Crippen molar-refractivity contribution in [2.24, 2.45) is 11.3 Å². The Balaban J connectivity index is 1.88. The molecule has 0 aliphatic heterocycles. The van der Waals surface area contributed by atoms with E-state index in [9.17, 15) is 0 Å². The highest BCUT2D eigenvalue weighted by molar-refractivity contribution is 7.80. The van der Waals surface area contributed by atoms with Gasteiger partial charge >= 0.3 is 0 Å². The Kier molecular flexibility index (Phi) is 2.69. The molecule has 0 N–H and O–H groups in total. The van der Waals surface area contributed by atoms with Gasteiger partial charge in [0.25, 0.3) is 0 Å². The molecule has 0 aromatic rings. The first-order chi connectivity index (χ1) is 5.85. The quantitative estimate of drug-likeness (QED) is 0.591. The van der Waals surface area contributed by atoms with Gasteiger partial charge in [0.1, 0.15) is 0 Å². The molecule has 1 heteroatoms. The van der Waals surface area contributed by atoms with Gasteiger partial charge in [-0.15, -0.1) is 0 Å². The van der Waals surface area contributed by atoms with Crippen molar-refractivity contribution < 1.29 is 0 Å². The molecule has 0 nitrogen and oxygen atoms in total. The van der Waals surface area contributed by atoms with Crippen molar-refractivity contribution in [3.63, 3.8) is 0 Å². The van der Waals surface area contributed by atoms with Crippen LogP contribution in [0.2, 0.25) is 0 Å². The molecule has 0 heterocycles. The van der Waals surface area contributed by atoms with Gasteiger partial charge in [0.05, 0.1) is 0 Å². The van der Waals surface area contributed by atoms with Gasteiger partial charge in [0.15, 0.2) is 0 Å². The van der Waals surface area contributed by atoms with Gasteiger partial charge in [-0.2, -0.15) is 12.6 Å². The average molecular weight is 184 g/mol. The summed E-state index contributed by atoms with van der Waals surface area (Å²) in [5, 5.41) is 0. The molecule has 12 heavy (non-hydrogen) atoms. The maximum atomic E-state index is 4.39. The number of thiol groups is 1. The normalized spacial score (nSPS) is 29.8. The summed E-state index contributed by atoms with van der Waals surface area (Å²) in [6, 6.07) is 0. The van der Waals surface area contributed by atoms with Crippen LogP contribution in [0, 0.1) is 11.3 Å². The van der Waals surface area contributed by atoms with Gasteiger partial charge in [0.2, 0.25) is 0 Å². The minimum Gasteiger partial charge on any atom is -0.179 e. The molecule has 0 atom stereocenters. The predicted molar refractivity (Wildman–Crippen MR) is 56.7 cm³/mol. The minimum atomic E-state index is 0.819. The Bertz CT molecular complexity index is 137. The highest BCUT2D eigenvalue weighted by Crippen LogP contribution is 2.50. The van der Waals surface area contributed by atoms with Crippen LogP contribution in [-0.4, -0.2) is 5.75 Å². The molecule has 1 spiro atoms. The van der Waals surface area contributed by atoms with Crippen LogP contribution < -0.4 is 0 Å². The molecule has 0 amide bonds. The molecule has 70 valence electrons. The maximum Gasteiger partial charge on any atom is -0.00695 e. The number of rotatable bonds is 1. The SMILES string of the molecule is SCC1CCC2(CCCC2)CC1. The maximum absolute atomic E-state index is 4.39. The van der Waals surface area contributed by atoms with E-state index >= 15 is 0 Å². The summed E-state index contributed by atoms with van der Waals surface area (Å²) in [7, 11) is 0. The third-order valence-corrected chi connectivity index (χ3v) is 4.60. The van der Waals surface area contributed by atoms with E-state index in [1.807, 2.05) is 0 Å². The van der Waals surface area contributed by atoms with E-state index in [2.05, 4.69) is 12.6 Å². The summed E-state index contributed by atoms with van der Waals surface area (Å²) in [6.07, 6.45) is 12.0. The predicted octanol–water partition coefficient (Wildman–Crippen LogP) is 3.67. The largest absolute Gasteiger partial charge is 0.179 e. The fourth-order valence-corrected chi connectivity index (χ4v) is 3.46. The molecule has 0 aromatic carbocycles. The summed E-state index contributed by atoms with van der Waals surface area (Å²) < 4.78 is 0. The molecule has 0 unspecified atom stereocenters. The van der Waals surface area contributed by atoms with E-state index in [0.717, 1.165) is 17.1 Å². The van der Waals surface area contributed by atoms with Crippen LogP contribution in [0.15, 0.2) is 0 Å². The number of hydrogen-bond acceptors (Lipinski definition) is 1. The van der Waals surface area contributed by atoms with E-state index in [0.29, 0.717) is 0 Å². The van der Waals surface area contributed by atoms with Crippen molar-refractivity contribution in [1.29, 1.82) is 0 Å². The van der Waals surface area contributed by atoms with Crippen LogP contribution in [0.5, 0.6) is 0 Å². The van der Waals surface area contributed by atoms with E-state index in [4.69, 9.17) is 0 Å². The van der Waals surface area contributed by atoms with Crippen LogP contribution in [0.1, 0.15) is 51.4 Å². The molecule has 0 bridgehead atoms. The highest BCUT2D eigenvalue weighted by Gasteiger charge is 2.36. The second-order valence-electron chi connectivity index (χ2n) is 4.83. The van der Waals surface area contributed by atoms with Crippen LogP contribution in [0.25, 0.3) is 0 Å². The van der Waals surface area contributed by atoms with Crippen molar-refractivity contribution in [2.75, 3.05) is 5.75 Å². The lowest BCUT2D eigenvalue weighted by molar-refractivity contribution is 0.164. The molecule has 2 aliphatic rings. The third-order valence-electron chi connectivity index (χ3n) is 4.09. The van der Waals surface area contributed by atoms with Gasteiger partial charge < -0.3 is 0 Å². The molecule has 2 rings (SSSR count). The summed E-state index contributed by atoms with van der Waals surface area (Å²) in [4.78, 5) is 0. The van der Waals surface area contributed by atoms with Crippen LogP contribution in [-0.2, 0) is 0 Å². The van der Waals surface area contributed by atoms with Gasteiger partial charge in [-0.05, 0) is 55.6 Å². The van der Waals surface area contributed by atoms with E-state index in [-0.39, 0.29) is 0 Å². The molecular formula is C11H20S. The van der Waals surface area contributed by atoms with Crippen molar-refractivity contribution in [3.05, 3.63) is 0 Å². The van der Waals surface area contributed by atoms with Gasteiger partial charge in [-0.3, -0.25) is 0 Å². The zero-order chi connectivity index (χ0) is 8.44. The molecule has 2 fully saturated rings. The Labute approximate surface area is 81.5 Å². The Hall–Kier alpha value is 0.350. The van der Waals surface area contributed by atoms with E-state index in [1.165, 1.54) is 51.4 Å². The fraction of sp³-hybridized carbons (Fsp3) is 1.00. The molecule has 0 radical (unpaired) electrons. The minimum absolute atomic E-state index is 0.819. The van der Waals surface area contributed by atoms with Crippen molar-refractivity contribution in [3.8, 4) is 0 Å². The highest BCUT2D eigenvalue weighted by atomic mass is 32.1. The van der Waals surface area contributed by atoms with Crippen molar-refractivity contribution in [2.45, 2.75) is 51.4 Å². The molecule has 2 saturated carbocycles. The van der Waals surface area contributed by atoms with E-state index < -0.39 is 0 Å². The average Bonchev–Trinajstić information content (AvgIpc) is 2.55. The Morgan fingerprint density at radius 3 is 2.08 bits per heavy atom. The monoisotopic (exact) mass is 184 g/mol. The zero-order valence-corrected chi connectivity index (χ0v) is 8.78. The number of hydrogen-bond donors (Lipinski definition) is 1. The van der Waals surface area contributed by atoms with Crippen molar-refractivity contribution in [1.82, 2.24) is 0 Å². The molecule has 0 aromatic heterocycles. The lowest BCUT2D eigenvalue weighted by Crippen LogP contribution is -2.25. The standard InChI is InChI=1S/C11H20S/c12-9-10-3-7-11(8-4-10)5-1-2-6-11/h10,12H,1-9H2. The summed E-state index contributed by atoms with van der Waals surface area (Å²) >= 11 is 4.39. The molecular weight excluding hydrogens is 164 g/mol. The topological polar surface area (TPSA) is 0 Å². The smallest absolute Gasteiger partial charge is 0.00695 e. The first-order valence-corrected chi connectivity index (χ1v) is 6.09. The summed E-state index contributed by atoms with van der Waals surface area (Å²) in [5.74, 6) is 2.07. The molecule has 2 aliphatic carbocycles. The lowest BCUT2D eigenvalue weighted by atomic mass is 9.70. The Morgan fingerprint density at radius 1 is 1.00 bits per heavy atom. The first-order valence-electron chi connectivity index (χ1n) is 5.46. The lowest BCUT2D eigenvalue weighted by Gasteiger charge is -2.36. The summed E-state index contributed by atoms with van der Waals surface area (Å²) in [6.45, 7) is 0. The zero-order valence-electron chi connectivity index (χ0n) is 7.89. The van der Waals surface area contributed by atoms with Crippen LogP contribution in [0.4, 0.5) is 0 Å². The molecule has 0 saturated heterocycles. The second-order valence-corrected chi connectivity index (χ2v) is 5.20. The van der Waals surface area contributed by atoms with Gasteiger partial charge in [0, 0.05) is 0 Å². The van der Waals surface area contributed by atoms with Crippen LogP contribution >= 0.6 is 12.6 Å². The van der Waals surface area contributed by atoms with Gasteiger partial charge in [-0.25, -0.2) is 0 Å². The Morgan fingerprint density at radius 2 is 1.58 bits per heavy atom. The summed E-state index contributed by atoms with van der Waals surface area (Å²) in [5.41, 5.74) is 0.819. The first kappa shape index (κ1) is 8.93. The van der Waals surface area contributed by atoms with Crippen molar-refractivity contribution >= 4 is 12.6 Å². The van der Waals surface area contributed by atoms with E-state index in [1.54, 1.807) is 0 Å². The van der Waals surface area contributed by atoms with Crippen LogP contribution in [0.3, 0.4) is 0 Å². The second kappa shape index (κ2) is 3.61. The third kappa shape index (κ3) is 1.66. The fourth-order valence-electron chi connectivity index (χ4n) is 3.10. The van der Waals surface area contributed by atoms with Gasteiger partial charge in [-0.1, -0.05) is 12.8 Å².